The predicted molar refractivity (Wildman–Crippen MR) is 118 cm³/mol. The zero-order valence-electron chi connectivity index (χ0n) is 18.6. The molecule has 0 spiro atoms. The lowest BCUT2D eigenvalue weighted by atomic mass is 10.00. The second-order valence-corrected chi connectivity index (χ2v) is 8.33. The van der Waals surface area contributed by atoms with Gasteiger partial charge in [-0.2, -0.15) is 18.4 Å². The molecule has 176 valence electrons. The fourth-order valence-electron chi connectivity index (χ4n) is 4.05. The zero-order chi connectivity index (χ0) is 24.6. The highest BCUT2D eigenvalue weighted by atomic mass is 19.4. The molecule has 2 atom stereocenters. The number of carbonyl (C=O) groups excluding carboxylic acids is 1. The van der Waals surface area contributed by atoms with Gasteiger partial charge in [-0.15, -0.1) is 0 Å². The molecule has 7 nitrogen and oxygen atoms in total. The summed E-state index contributed by atoms with van der Waals surface area (Å²) in [5.41, 5.74) is 8.18. The Morgan fingerprint density at radius 2 is 2.12 bits per heavy atom. The average molecular weight is 469 g/mol. The van der Waals surface area contributed by atoms with Crippen LogP contribution in [-0.2, 0) is 24.1 Å². The van der Waals surface area contributed by atoms with Crippen LogP contribution in [0.2, 0.25) is 0 Å². The third-order valence-electron chi connectivity index (χ3n) is 5.80. The number of halogens is 3. The van der Waals surface area contributed by atoms with E-state index in [2.05, 4.69) is 16.0 Å². The number of aromatic nitrogens is 2. The number of alkyl halides is 3. The summed E-state index contributed by atoms with van der Waals surface area (Å²) in [5, 5.41) is 10.0. The molecule has 1 aliphatic rings. The summed E-state index contributed by atoms with van der Waals surface area (Å²) in [7, 11) is 0. The van der Waals surface area contributed by atoms with E-state index in [4.69, 9.17) is 10.5 Å². The van der Waals surface area contributed by atoms with Gasteiger partial charge in [-0.05, 0) is 49.7 Å². The third-order valence-corrected chi connectivity index (χ3v) is 5.80. The van der Waals surface area contributed by atoms with Crippen LogP contribution in [0.5, 0.6) is 0 Å². The zero-order valence-corrected chi connectivity index (χ0v) is 18.6. The highest BCUT2D eigenvalue weighted by Gasteiger charge is 2.31. The summed E-state index contributed by atoms with van der Waals surface area (Å²) in [4.78, 5) is 23.1. The second kappa shape index (κ2) is 8.91. The van der Waals surface area contributed by atoms with Gasteiger partial charge in [0.2, 0.25) is 0 Å². The Kier molecular flexibility index (Phi) is 6.15. The number of hydrogen-bond acceptors (Lipinski definition) is 6. The molecule has 0 fully saturated rings. The SMILES string of the molecule is CC(C#N)CN(Cc1ccc(C(F)(F)F)cn1)C(=O)c1ccc2nc(N)c3c(c2c1)CO[C@H]3C. The Hall–Kier alpha value is -3.71. The smallest absolute Gasteiger partial charge is 0.383 e. The van der Waals surface area contributed by atoms with Crippen LogP contribution in [0.1, 0.15) is 52.7 Å². The number of carbonyl (C=O) groups is 1. The Bertz CT molecular complexity index is 1280. The van der Waals surface area contributed by atoms with Gasteiger partial charge in [0.05, 0.1) is 48.0 Å². The fourth-order valence-corrected chi connectivity index (χ4v) is 4.05. The van der Waals surface area contributed by atoms with Crippen molar-refractivity contribution in [2.24, 2.45) is 5.92 Å². The molecule has 0 bridgehead atoms. The van der Waals surface area contributed by atoms with Gasteiger partial charge in [0.1, 0.15) is 5.82 Å². The molecule has 34 heavy (non-hydrogen) atoms. The van der Waals surface area contributed by atoms with Crippen LogP contribution in [0, 0.1) is 17.2 Å². The van der Waals surface area contributed by atoms with E-state index in [1.807, 2.05) is 6.92 Å². The number of hydrogen-bond donors (Lipinski definition) is 1. The van der Waals surface area contributed by atoms with E-state index < -0.39 is 17.7 Å². The van der Waals surface area contributed by atoms with E-state index >= 15 is 0 Å². The Morgan fingerprint density at radius 1 is 1.35 bits per heavy atom. The molecule has 0 aliphatic carbocycles. The van der Waals surface area contributed by atoms with Crippen LogP contribution >= 0.6 is 0 Å². The quantitative estimate of drug-likeness (QED) is 0.584. The van der Waals surface area contributed by atoms with Gasteiger partial charge in [-0.25, -0.2) is 4.98 Å². The first-order valence-electron chi connectivity index (χ1n) is 10.6. The second-order valence-electron chi connectivity index (χ2n) is 8.33. The standard InChI is InChI=1S/C24H22F3N5O2/c1-13(8-28)10-32(11-17-5-4-16(9-30-17)24(25,26)27)23(33)15-3-6-20-18(7-15)19-12-34-14(2)21(19)22(29)31-20/h3-7,9,13-14H,10-12H2,1-2H3,(H2,29,31)/t13?,14-/m0/s1. The number of amides is 1. The van der Waals surface area contributed by atoms with Crippen LogP contribution in [0.25, 0.3) is 10.9 Å². The van der Waals surface area contributed by atoms with E-state index in [9.17, 15) is 23.2 Å². The molecule has 3 aromatic rings. The maximum absolute atomic E-state index is 13.4. The van der Waals surface area contributed by atoms with Crippen molar-refractivity contribution >= 4 is 22.6 Å². The molecule has 1 unspecified atom stereocenters. The van der Waals surface area contributed by atoms with Crippen molar-refractivity contribution in [2.75, 3.05) is 12.3 Å². The monoisotopic (exact) mass is 469 g/mol. The summed E-state index contributed by atoms with van der Waals surface area (Å²) in [6, 6.07) is 9.28. The summed E-state index contributed by atoms with van der Waals surface area (Å²) in [6.07, 6.45) is -3.97. The number of benzene rings is 1. The molecular weight excluding hydrogens is 447 g/mol. The minimum absolute atomic E-state index is 0.0424. The average Bonchev–Trinajstić information content (AvgIpc) is 3.20. The number of anilines is 1. The van der Waals surface area contributed by atoms with Crippen molar-refractivity contribution in [2.45, 2.75) is 39.3 Å². The molecule has 0 radical (unpaired) electrons. The van der Waals surface area contributed by atoms with E-state index in [1.165, 1.54) is 11.0 Å². The van der Waals surface area contributed by atoms with E-state index in [1.54, 1.807) is 25.1 Å². The summed E-state index contributed by atoms with van der Waals surface area (Å²) >= 11 is 0. The minimum atomic E-state index is -4.50. The third kappa shape index (κ3) is 4.52. The fraction of sp³-hybridized carbons (Fsp3) is 0.333. The highest BCUT2D eigenvalue weighted by Crippen LogP contribution is 2.38. The van der Waals surface area contributed by atoms with Gasteiger partial charge >= 0.3 is 6.18 Å². The molecule has 0 saturated heterocycles. The predicted octanol–water partition coefficient (Wildman–Crippen LogP) is 4.62. The highest BCUT2D eigenvalue weighted by molar-refractivity contribution is 5.99. The summed E-state index contributed by atoms with van der Waals surface area (Å²) in [5.74, 6) is -0.466. The van der Waals surface area contributed by atoms with Crippen LogP contribution in [0.15, 0.2) is 36.5 Å². The first-order chi connectivity index (χ1) is 16.1. The van der Waals surface area contributed by atoms with Gasteiger partial charge in [0, 0.05) is 29.3 Å². The van der Waals surface area contributed by atoms with Gasteiger partial charge in [-0.3, -0.25) is 9.78 Å². The van der Waals surface area contributed by atoms with Crippen molar-refractivity contribution < 1.29 is 22.7 Å². The van der Waals surface area contributed by atoms with Crippen LogP contribution in [0.4, 0.5) is 19.0 Å². The van der Waals surface area contributed by atoms with Crippen molar-refractivity contribution in [3.63, 3.8) is 0 Å². The number of nitrogens with two attached hydrogens (primary N) is 1. The number of nitriles is 1. The van der Waals surface area contributed by atoms with Crippen LogP contribution in [-0.4, -0.2) is 27.3 Å². The lowest BCUT2D eigenvalue weighted by Crippen LogP contribution is -2.34. The molecule has 1 aliphatic heterocycles. The maximum Gasteiger partial charge on any atom is 0.417 e. The molecule has 2 aromatic heterocycles. The van der Waals surface area contributed by atoms with Crippen molar-refractivity contribution in [1.82, 2.24) is 14.9 Å². The Morgan fingerprint density at radius 3 is 2.76 bits per heavy atom. The number of pyridine rings is 2. The summed E-state index contributed by atoms with van der Waals surface area (Å²) < 4.78 is 44.3. The first kappa shape index (κ1) is 23.4. The van der Waals surface area contributed by atoms with E-state index in [0.29, 0.717) is 23.5 Å². The molecule has 4 rings (SSSR count). The molecule has 3 heterocycles. The lowest BCUT2D eigenvalue weighted by Gasteiger charge is -2.24. The largest absolute Gasteiger partial charge is 0.417 e. The molecular formula is C24H22F3N5O2. The van der Waals surface area contributed by atoms with Crippen molar-refractivity contribution in [3.8, 4) is 6.07 Å². The van der Waals surface area contributed by atoms with Crippen molar-refractivity contribution in [3.05, 3.63) is 64.5 Å². The Labute approximate surface area is 194 Å². The summed E-state index contributed by atoms with van der Waals surface area (Å²) in [6.45, 7) is 3.95. The molecule has 1 aromatic carbocycles. The first-order valence-corrected chi connectivity index (χ1v) is 10.6. The van der Waals surface area contributed by atoms with Gasteiger partial charge in [0.15, 0.2) is 0 Å². The Balaban J connectivity index is 1.67. The van der Waals surface area contributed by atoms with Gasteiger partial charge < -0.3 is 15.4 Å². The van der Waals surface area contributed by atoms with E-state index in [-0.39, 0.29) is 30.8 Å². The molecule has 0 saturated carbocycles. The maximum atomic E-state index is 13.4. The normalized spacial score (nSPS) is 16.2. The van der Waals surface area contributed by atoms with Gasteiger partial charge in [0.25, 0.3) is 5.91 Å². The van der Waals surface area contributed by atoms with Crippen LogP contribution in [0.3, 0.4) is 0 Å². The van der Waals surface area contributed by atoms with Crippen LogP contribution < -0.4 is 5.73 Å². The molecule has 2 N–H and O–H groups in total. The number of nitrogen functional groups attached to an aromatic ring is 1. The lowest BCUT2D eigenvalue weighted by molar-refractivity contribution is -0.137. The topological polar surface area (TPSA) is 105 Å². The van der Waals surface area contributed by atoms with E-state index in [0.717, 1.165) is 28.8 Å². The number of ether oxygens (including phenoxy) is 1. The number of rotatable bonds is 5. The number of fused-ring (bicyclic) bond motifs is 3. The molecule has 1 amide bonds. The minimum Gasteiger partial charge on any atom is -0.383 e. The van der Waals surface area contributed by atoms with Crippen molar-refractivity contribution in [1.29, 1.82) is 5.26 Å². The number of nitrogens with zero attached hydrogens (tertiary/aromatic N) is 4. The molecule has 10 heteroatoms. The van der Waals surface area contributed by atoms with Gasteiger partial charge in [-0.1, -0.05) is 0 Å².